The smallest absolute Gasteiger partial charge is 0.311 e. The molecule has 0 fully saturated rings. The molecule has 5 nitrogen and oxygen atoms in total. The molecule has 1 aliphatic heterocycles. The number of para-hydroxylation sites is 2. The predicted octanol–water partition coefficient (Wildman–Crippen LogP) is 2.46. The fraction of sp³-hybridized carbons (Fsp3) is 0.143. The van der Waals surface area contributed by atoms with Gasteiger partial charge in [0.2, 0.25) is 0 Å². The number of aromatic nitrogens is 2. The van der Waals surface area contributed by atoms with E-state index in [0.717, 1.165) is 9.81 Å². The number of aliphatic hydroxyl groups excluding tert-OH is 1. The van der Waals surface area contributed by atoms with Crippen molar-refractivity contribution in [1.82, 2.24) is 9.97 Å². The second-order valence-corrected chi connectivity index (χ2v) is 6.65. The molecule has 0 atom stereocenters. The third kappa shape index (κ3) is 3.31. The third-order valence-electron chi connectivity index (χ3n) is 2.79. The number of nitrogens with one attached hydrogen (secondary N) is 1. The lowest BCUT2D eigenvalue weighted by Crippen LogP contribution is -2.14. The minimum absolute atomic E-state index is 0.0359. The number of aromatic amines is 1. The Balaban J connectivity index is 1.77. The van der Waals surface area contributed by atoms with Gasteiger partial charge in [-0.15, -0.1) is 0 Å². The Labute approximate surface area is 128 Å². The van der Waals surface area contributed by atoms with Crippen molar-refractivity contribution >= 4 is 32.6 Å². The Hall–Kier alpha value is -1.70. The summed E-state index contributed by atoms with van der Waals surface area (Å²) in [6.07, 6.45) is 3.72. The highest BCUT2D eigenvalue weighted by Crippen LogP contribution is 2.39. The van der Waals surface area contributed by atoms with E-state index in [1.807, 2.05) is 30.4 Å². The van der Waals surface area contributed by atoms with Crippen LogP contribution in [0.2, 0.25) is 0 Å². The van der Waals surface area contributed by atoms with Crippen LogP contribution in [0.3, 0.4) is 0 Å². The molecule has 7 heteroatoms. The van der Waals surface area contributed by atoms with Crippen LogP contribution in [-0.2, 0) is 0 Å². The molecule has 0 aliphatic carbocycles. The van der Waals surface area contributed by atoms with Crippen LogP contribution in [0.1, 0.15) is 0 Å². The molecule has 108 valence electrons. The molecule has 0 amide bonds. The van der Waals surface area contributed by atoms with E-state index < -0.39 is 0 Å². The number of hydrogen-bond acceptors (Lipinski definition) is 6. The molecule has 0 unspecified atom stereocenters. The van der Waals surface area contributed by atoms with Gasteiger partial charge in [0.15, 0.2) is 0 Å². The van der Waals surface area contributed by atoms with Gasteiger partial charge < -0.3 is 14.8 Å². The van der Waals surface area contributed by atoms with Gasteiger partial charge in [0, 0.05) is 9.81 Å². The summed E-state index contributed by atoms with van der Waals surface area (Å²) >= 11 is 0. The standard InChI is InChI=1S/C14H12N2O3S2/c17-7-9-5-6-10(21-20-9)8-19-14-13(18)15-11-3-1-2-4-12(11)16-14/h1-6,17H,7-8H2,(H,15,18). The number of rotatable bonds is 4. The fourth-order valence-corrected chi connectivity index (χ4v) is 3.65. The Morgan fingerprint density at radius 1 is 1.19 bits per heavy atom. The van der Waals surface area contributed by atoms with Crippen molar-refractivity contribution in [3.63, 3.8) is 0 Å². The second-order valence-electron chi connectivity index (χ2n) is 4.27. The van der Waals surface area contributed by atoms with Crippen LogP contribution in [-0.4, -0.2) is 28.3 Å². The van der Waals surface area contributed by atoms with Crippen LogP contribution in [0.5, 0.6) is 5.88 Å². The first-order chi connectivity index (χ1) is 10.3. The fourth-order valence-electron chi connectivity index (χ4n) is 1.75. The van der Waals surface area contributed by atoms with Crippen LogP contribution >= 0.6 is 21.6 Å². The summed E-state index contributed by atoms with van der Waals surface area (Å²) in [5.41, 5.74) is 1.04. The van der Waals surface area contributed by atoms with E-state index >= 15 is 0 Å². The number of H-pyrrole nitrogens is 1. The Bertz CT molecular complexity index is 783. The summed E-state index contributed by atoms with van der Waals surface area (Å²) in [5, 5.41) is 9.00. The van der Waals surface area contributed by atoms with Crippen molar-refractivity contribution in [3.05, 3.63) is 56.6 Å². The quantitative estimate of drug-likeness (QED) is 0.843. The topological polar surface area (TPSA) is 75.2 Å². The first kappa shape index (κ1) is 14.2. The highest BCUT2D eigenvalue weighted by molar-refractivity contribution is 8.79. The van der Waals surface area contributed by atoms with Gasteiger partial charge >= 0.3 is 5.56 Å². The highest BCUT2D eigenvalue weighted by atomic mass is 33.1. The van der Waals surface area contributed by atoms with Crippen LogP contribution in [0, 0.1) is 0 Å². The molecule has 2 aromatic rings. The largest absolute Gasteiger partial charge is 0.468 e. The molecule has 2 N–H and O–H groups in total. The predicted molar refractivity (Wildman–Crippen MR) is 86.3 cm³/mol. The summed E-state index contributed by atoms with van der Waals surface area (Å²) in [6, 6.07) is 7.31. The zero-order chi connectivity index (χ0) is 14.7. The lowest BCUT2D eigenvalue weighted by Gasteiger charge is -2.12. The van der Waals surface area contributed by atoms with Crippen molar-refractivity contribution in [2.45, 2.75) is 0 Å². The number of allylic oxidation sites excluding steroid dienone is 2. The van der Waals surface area contributed by atoms with E-state index in [1.54, 1.807) is 6.07 Å². The normalized spacial score (nSPS) is 14.7. The molecule has 1 aromatic heterocycles. The number of nitrogens with zero attached hydrogens (tertiary/aromatic N) is 1. The molecule has 3 rings (SSSR count). The maximum absolute atomic E-state index is 11.9. The molecule has 0 saturated carbocycles. The Morgan fingerprint density at radius 3 is 2.71 bits per heavy atom. The van der Waals surface area contributed by atoms with E-state index in [1.165, 1.54) is 21.6 Å². The van der Waals surface area contributed by atoms with Gasteiger partial charge in [0.1, 0.15) is 6.61 Å². The number of aliphatic hydroxyl groups is 1. The van der Waals surface area contributed by atoms with Gasteiger partial charge in [-0.05, 0) is 24.3 Å². The highest BCUT2D eigenvalue weighted by Gasteiger charge is 2.10. The average Bonchev–Trinajstić information content (AvgIpc) is 2.53. The molecular formula is C14H12N2O3S2. The number of hydrogen-bond donors (Lipinski definition) is 2. The van der Waals surface area contributed by atoms with Gasteiger partial charge in [-0.1, -0.05) is 33.7 Å². The van der Waals surface area contributed by atoms with Crippen LogP contribution in [0.25, 0.3) is 11.0 Å². The third-order valence-corrected chi connectivity index (χ3v) is 5.35. The zero-order valence-corrected chi connectivity index (χ0v) is 12.5. The van der Waals surface area contributed by atoms with Gasteiger partial charge in [0.05, 0.1) is 17.6 Å². The maximum atomic E-state index is 11.9. The van der Waals surface area contributed by atoms with Crippen LogP contribution < -0.4 is 10.3 Å². The Kier molecular flexibility index (Phi) is 4.33. The van der Waals surface area contributed by atoms with Crippen LogP contribution in [0.15, 0.2) is 51.0 Å². The molecule has 21 heavy (non-hydrogen) atoms. The zero-order valence-electron chi connectivity index (χ0n) is 10.9. The second kappa shape index (κ2) is 6.38. The molecule has 0 bridgehead atoms. The monoisotopic (exact) mass is 320 g/mol. The number of benzene rings is 1. The van der Waals surface area contributed by atoms with Gasteiger partial charge in [-0.25, -0.2) is 4.98 Å². The van der Waals surface area contributed by atoms with Gasteiger partial charge in [-0.3, -0.25) is 4.79 Å². The molecule has 0 saturated heterocycles. The Morgan fingerprint density at radius 2 is 1.95 bits per heavy atom. The molecule has 1 aliphatic rings. The molecular weight excluding hydrogens is 308 g/mol. The van der Waals surface area contributed by atoms with Crippen molar-refractivity contribution in [2.75, 3.05) is 13.2 Å². The first-order valence-electron chi connectivity index (χ1n) is 6.23. The lowest BCUT2D eigenvalue weighted by atomic mass is 10.3. The minimum Gasteiger partial charge on any atom is -0.468 e. The van der Waals surface area contributed by atoms with Crippen molar-refractivity contribution in [2.24, 2.45) is 0 Å². The summed E-state index contributed by atoms with van der Waals surface area (Å²) in [7, 11) is 3.00. The van der Waals surface area contributed by atoms with Gasteiger partial charge in [-0.2, -0.15) is 0 Å². The molecule has 0 spiro atoms. The van der Waals surface area contributed by atoms with Crippen LogP contribution in [0.4, 0.5) is 0 Å². The lowest BCUT2D eigenvalue weighted by molar-refractivity contribution is 0.338. The van der Waals surface area contributed by atoms with E-state index in [0.29, 0.717) is 11.0 Å². The van der Waals surface area contributed by atoms with Crippen molar-refractivity contribution < 1.29 is 9.84 Å². The van der Waals surface area contributed by atoms with Crippen molar-refractivity contribution in [3.8, 4) is 5.88 Å². The first-order valence-corrected chi connectivity index (χ1v) is 8.38. The number of fused-ring (bicyclic) bond motifs is 1. The minimum atomic E-state index is -0.339. The summed E-state index contributed by atoms with van der Waals surface area (Å²) in [4.78, 5) is 20.7. The summed E-state index contributed by atoms with van der Waals surface area (Å²) < 4.78 is 5.50. The van der Waals surface area contributed by atoms with E-state index in [9.17, 15) is 4.79 Å². The van der Waals surface area contributed by atoms with E-state index in [2.05, 4.69) is 9.97 Å². The average molecular weight is 320 g/mol. The number of ether oxygens (including phenoxy) is 1. The van der Waals surface area contributed by atoms with E-state index in [-0.39, 0.29) is 24.7 Å². The summed E-state index contributed by atoms with van der Waals surface area (Å²) in [6.45, 7) is 0.315. The van der Waals surface area contributed by atoms with Crippen molar-refractivity contribution in [1.29, 1.82) is 0 Å². The maximum Gasteiger partial charge on any atom is 0.311 e. The van der Waals surface area contributed by atoms with E-state index in [4.69, 9.17) is 9.84 Å². The van der Waals surface area contributed by atoms with Gasteiger partial charge in [0.25, 0.3) is 5.88 Å². The summed E-state index contributed by atoms with van der Waals surface area (Å²) in [5.74, 6) is 0.0668. The molecule has 0 radical (unpaired) electrons. The molecule has 2 heterocycles. The molecule has 1 aromatic carbocycles. The SMILES string of the molecule is O=c1[nH]c2ccccc2nc1OCC1=CC=C(CO)SS1.